The molecule has 0 spiro atoms. The van der Waals surface area contributed by atoms with Crippen molar-refractivity contribution in [3.8, 4) is 0 Å². The standard InChI is InChI=1S/C44H64O4Si/c1-9-12-30-49(31-13-10-2,32-14-11-3)48-42(35(4)5)43(46-8)41(45)37(7)33-36(6)34-47-44(38-24-18-15-19-25-38,39-26-20-16-21-27-39)40-28-22-17-23-29-40/h15-29,36-37,42-43H,4,9-14,30-34H2,1-3,5-8H3/t36-,37+,42+,43-/m0/s1. The minimum atomic E-state index is -2.12. The largest absolute Gasteiger partial charge is 0.407 e. The average Bonchev–Trinajstić information content (AvgIpc) is 3.13. The van der Waals surface area contributed by atoms with Crippen molar-refractivity contribution in [2.75, 3.05) is 13.7 Å². The molecular weight excluding hydrogens is 621 g/mol. The summed E-state index contributed by atoms with van der Waals surface area (Å²) in [5.74, 6) is -0.0259. The number of benzene rings is 3. The molecule has 0 aliphatic rings. The Bertz CT molecular complexity index is 1240. The van der Waals surface area contributed by atoms with Gasteiger partial charge >= 0.3 is 0 Å². The van der Waals surface area contributed by atoms with Crippen LogP contribution in [0.4, 0.5) is 0 Å². The second-order valence-corrected chi connectivity index (χ2v) is 18.4. The molecule has 3 rings (SSSR count). The molecule has 0 amide bonds. The first-order valence-corrected chi connectivity index (χ1v) is 21.4. The van der Waals surface area contributed by atoms with Crippen molar-refractivity contribution in [1.82, 2.24) is 0 Å². The fourth-order valence-corrected chi connectivity index (χ4v) is 12.2. The van der Waals surface area contributed by atoms with Gasteiger partial charge in [0.2, 0.25) is 0 Å². The number of methoxy groups -OCH3 is 1. The summed E-state index contributed by atoms with van der Waals surface area (Å²) in [7, 11) is -0.464. The number of ether oxygens (including phenoxy) is 2. The van der Waals surface area contributed by atoms with E-state index in [1.54, 1.807) is 7.11 Å². The molecule has 0 heterocycles. The highest BCUT2D eigenvalue weighted by Gasteiger charge is 2.42. The highest BCUT2D eigenvalue weighted by atomic mass is 28.4. The van der Waals surface area contributed by atoms with Gasteiger partial charge in [0.05, 0.1) is 12.7 Å². The molecule has 0 saturated carbocycles. The van der Waals surface area contributed by atoms with E-state index in [1.807, 2.05) is 32.0 Å². The van der Waals surface area contributed by atoms with Gasteiger partial charge in [-0.25, -0.2) is 0 Å². The molecule has 4 atom stereocenters. The van der Waals surface area contributed by atoms with Gasteiger partial charge < -0.3 is 13.9 Å². The number of rotatable bonds is 24. The normalized spacial score (nSPS) is 14.6. The maximum atomic E-state index is 14.3. The van der Waals surface area contributed by atoms with Gasteiger partial charge in [0.25, 0.3) is 0 Å². The van der Waals surface area contributed by atoms with Crippen LogP contribution in [0.1, 0.15) is 103 Å². The van der Waals surface area contributed by atoms with Crippen LogP contribution in [-0.4, -0.2) is 40.0 Å². The van der Waals surface area contributed by atoms with Crippen LogP contribution < -0.4 is 0 Å². The number of carbonyl (C=O) groups is 1. The minimum absolute atomic E-state index is 0.0900. The lowest BCUT2D eigenvalue weighted by Gasteiger charge is -2.39. The molecule has 0 fully saturated rings. The highest BCUT2D eigenvalue weighted by Crippen LogP contribution is 2.41. The van der Waals surface area contributed by atoms with Crippen molar-refractivity contribution in [3.05, 3.63) is 120 Å². The molecule has 3 aromatic rings. The van der Waals surface area contributed by atoms with Crippen LogP contribution in [0.2, 0.25) is 18.1 Å². The van der Waals surface area contributed by atoms with Crippen LogP contribution in [0.15, 0.2) is 103 Å². The van der Waals surface area contributed by atoms with Gasteiger partial charge in [-0.1, -0.05) is 176 Å². The summed E-state index contributed by atoms with van der Waals surface area (Å²) in [6.45, 7) is 17.8. The van der Waals surface area contributed by atoms with E-state index in [-0.39, 0.29) is 17.6 Å². The molecule has 49 heavy (non-hydrogen) atoms. The lowest BCUT2D eigenvalue weighted by Crippen LogP contribution is -2.49. The SMILES string of the molecule is C=C(C)[C@@H](O[Si](CCCC)(CCCC)CCCC)[C@@H](OC)C(=O)[C@H](C)C[C@H](C)COC(c1ccccc1)(c1ccccc1)c1ccccc1. The summed E-state index contributed by atoms with van der Waals surface area (Å²) in [4.78, 5) is 14.3. The molecule has 268 valence electrons. The maximum absolute atomic E-state index is 14.3. The van der Waals surface area contributed by atoms with Gasteiger partial charge in [-0.05, 0) is 54.1 Å². The highest BCUT2D eigenvalue weighted by molar-refractivity contribution is 6.73. The maximum Gasteiger partial charge on any atom is 0.193 e. The zero-order valence-electron chi connectivity index (χ0n) is 31.6. The number of unbranched alkanes of at least 4 members (excludes halogenated alkanes) is 3. The first-order valence-electron chi connectivity index (χ1n) is 18.9. The van der Waals surface area contributed by atoms with Crippen molar-refractivity contribution < 1.29 is 18.7 Å². The average molecular weight is 685 g/mol. The van der Waals surface area contributed by atoms with Gasteiger partial charge in [-0.15, -0.1) is 0 Å². The Morgan fingerprint density at radius 1 is 0.714 bits per heavy atom. The lowest BCUT2D eigenvalue weighted by molar-refractivity contribution is -0.137. The third-order valence-electron chi connectivity index (χ3n) is 10.00. The van der Waals surface area contributed by atoms with Crippen LogP contribution >= 0.6 is 0 Å². The Morgan fingerprint density at radius 3 is 1.47 bits per heavy atom. The third kappa shape index (κ3) is 11.1. The van der Waals surface area contributed by atoms with Crippen LogP contribution in [0, 0.1) is 11.8 Å². The molecule has 0 bridgehead atoms. The first kappa shape index (κ1) is 40.6. The molecule has 0 aliphatic carbocycles. The van der Waals surface area contributed by atoms with Crippen molar-refractivity contribution in [1.29, 1.82) is 0 Å². The van der Waals surface area contributed by atoms with Gasteiger partial charge in [0, 0.05) is 13.0 Å². The molecule has 0 N–H and O–H groups in total. The fraction of sp³-hybridized carbons (Fsp3) is 0.523. The van der Waals surface area contributed by atoms with Gasteiger partial charge in [0.15, 0.2) is 14.1 Å². The number of carbonyl (C=O) groups excluding carboxylic acids is 1. The van der Waals surface area contributed by atoms with Crippen LogP contribution in [-0.2, 0) is 24.3 Å². The van der Waals surface area contributed by atoms with Crippen LogP contribution in [0.5, 0.6) is 0 Å². The van der Waals surface area contributed by atoms with E-state index in [1.165, 1.54) is 19.3 Å². The molecule has 0 aliphatic heterocycles. The molecule has 5 heteroatoms. The summed E-state index contributed by atoms with van der Waals surface area (Å²) in [5.41, 5.74) is 3.32. The van der Waals surface area contributed by atoms with Crippen LogP contribution in [0.25, 0.3) is 0 Å². The van der Waals surface area contributed by atoms with Crippen molar-refractivity contribution in [3.63, 3.8) is 0 Å². The summed E-state index contributed by atoms with van der Waals surface area (Å²) in [5, 5.41) is 0. The van der Waals surface area contributed by atoms with E-state index in [4.69, 9.17) is 13.9 Å². The summed E-state index contributed by atoms with van der Waals surface area (Å²) < 4.78 is 20.4. The Labute approximate surface area is 299 Å². The second kappa shape index (κ2) is 20.7. The van der Waals surface area contributed by atoms with Gasteiger partial charge in [-0.3, -0.25) is 4.79 Å². The lowest BCUT2D eigenvalue weighted by atomic mass is 9.80. The van der Waals surface area contributed by atoms with Crippen molar-refractivity contribution in [2.45, 2.75) is 122 Å². The number of ketones is 1. The monoisotopic (exact) mass is 684 g/mol. The Hall–Kier alpha value is -2.83. The molecule has 0 unspecified atom stereocenters. The number of Topliss-reactive ketones (excluding diaryl/α,β-unsaturated/α-hetero) is 1. The molecule has 0 aromatic heterocycles. The van der Waals surface area contributed by atoms with Gasteiger partial charge in [-0.2, -0.15) is 0 Å². The number of hydrogen-bond donors (Lipinski definition) is 0. The molecule has 4 nitrogen and oxygen atoms in total. The van der Waals surface area contributed by atoms with E-state index < -0.39 is 26.1 Å². The van der Waals surface area contributed by atoms with Gasteiger partial charge in [0.1, 0.15) is 11.7 Å². The predicted octanol–water partition coefficient (Wildman–Crippen LogP) is 11.5. The van der Waals surface area contributed by atoms with Crippen molar-refractivity contribution >= 4 is 14.1 Å². The van der Waals surface area contributed by atoms with E-state index in [0.717, 1.165) is 59.7 Å². The van der Waals surface area contributed by atoms with Crippen molar-refractivity contribution in [2.24, 2.45) is 11.8 Å². The van der Waals surface area contributed by atoms with E-state index in [9.17, 15) is 4.79 Å². The Kier molecular flexibility index (Phi) is 17.2. The molecule has 3 aromatic carbocycles. The topological polar surface area (TPSA) is 44.8 Å². The van der Waals surface area contributed by atoms with E-state index in [0.29, 0.717) is 13.0 Å². The first-order chi connectivity index (χ1) is 23.7. The Morgan fingerprint density at radius 2 is 1.12 bits per heavy atom. The second-order valence-electron chi connectivity index (χ2n) is 14.3. The number of hydrogen-bond acceptors (Lipinski definition) is 4. The van der Waals surface area contributed by atoms with Crippen LogP contribution in [0.3, 0.4) is 0 Å². The minimum Gasteiger partial charge on any atom is -0.407 e. The van der Waals surface area contributed by atoms with E-state index in [2.05, 4.69) is 107 Å². The summed E-state index contributed by atoms with van der Waals surface area (Å²) >= 11 is 0. The Balaban J connectivity index is 1.85. The molecular formula is C44H64O4Si. The smallest absolute Gasteiger partial charge is 0.193 e. The summed E-state index contributed by atoms with van der Waals surface area (Å²) in [6.07, 6.45) is 6.53. The fourth-order valence-electron chi connectivity index (χ4n) is 7.23. The zero-order chi connectivity index (χ0) is 35.7. The zero-order valence-corrected chi connectivity index (χ0v) is 32.6. The third-order valence-corrected chi connectivity index (χ3v) is 14.5. The molecule has 0 radical (unpaired) electrons. The molecule has 0 saturated heterocycles. The summed E-state index contributed by atoms with van der Waals surface area (Å²) in [6, 6.07) is 34.8. The predicted molar refractivity (Wildman–Crippen MR) is 208 cm³/mol. The van der Waals surface area contributed by atoms with E-state index >= 15 is 0 Å². The quantitative estimate of drug-likeness (QED) is 0.0535.